The molecular formula is C27H39N5O3SSi. The van der Waals surface area contributed by atoms with E-state index in [1.54, 1.807) is 18.9 Å². The number of methoxy groups -OCH3 is 1. The van der Waals surface area contributed by atoms with Gasteiger partial charge in [-0.05, 0) is 61.8 Å². The van der Waals surface area contributed by atoms with E-state index in [0.29, 0.717) is 0 Å². The lowest BCUT2D eigenvalue weighted by Crippen LogP contribution is -2.52. The minimum atomic E-state index is -2.00. The molecule has 10 heteroatoms. The second-order valence-corrected chi connectivity index (χ2v) is 17.0. The molecule has 0 radical (unpaired) electrons. The molecule has 0 N–H and O–H groups in total. The fraction of sp³-hybridized carbons (Fsp3) is 0.593. The first-order valence-electron chi connectivity index (χ1n) is 13.1. The highest BCUT2D eigenvalue weighted by Gasteiger charge is 2.39. The molecule has 37 heavy (non-hydrogen) atoms. The van der Waals surface area contributed by atoms with Crippen LogP contribution in [0.15, 0.2) is 29.4 Å². The van der Waals surface area contributed by atoms with E-state index < -0.39 is 8.32 Å². The van der Waals surface area contributed by atoms with Crippen molar-refractivity contribution in [3.63, 3.8) is 0 Å². The first kappa shape index (κ1) is 26.5. The highest BCUT2D eigenvalue weighted by molar-refractivity contribution is 7.98. The van der Waals surface area contributed by atoms with E-state index in [-0.39, 0.29) is 17.4 Å². The first-order chi connectivity index (χ1) is 17.6. The largest absolute Gasteiger partial charge is 0.543 e. The smallest absolute Gasteiger partial charge is 0.250 e. The third-order valence-corrected chi connectivity index (χ3v) is 12.8. The van der Waals surface area contributed by atoms with Gasteiger partial charge in [-0.25, -0.2) is 14.6 Å². The van der Waals surface area contributed by atoms with Crippen molar-refractivity contribution in [3.8, 4) is 17.1 Å². The Bertz CT molecular complexity index is 1260. The van der Waals surface area contributed by atoms with Crippen molar-refractivity contribution in [2.45, 2.75) is 75.7 Å². The number of hydrogen-bond acceptors (Lipinski definition) is 8. The number of thioether (sulfide) groups is 1. The van der Waals surface area contributed by atoms with Crippen LogP contribution in [-0.4, -0.2) is 67.2 Å². The topological polar surface area (TPSA) is 74.5 Å². The molecular weight excluding hydrogens is 502 g/mol. The zero-order chi connectivity index (χ0) is 26.4. The molecule has 4 heterocycles. The molecule has 3 aromatic rings. The summed E-state index contributed by atoms with van der Waals surface area (Å²) in [5.74, 6) is 1.79. The average molecular weight is 542 g/mol. The van der Waals surface area contributed by atoms with E-state index in [1.165, 1.54) is 0 Å². The van der Waals surface area contributed by atoms with Crippen LogP contribution in [0.3, 0.4) is 0 Å². The Morgan fingerprint density at radius 2 is 1.89 bits per heavy atom. The van der Waals surface area contributed by atoms with Gasteiger partial charge in [0.15, 0.2) is 11.4 Å². The summed E-state index contributed by atoms with van der Waals surface area (Å²) >= 11 is 1.55. The standard InChI is InChI=1S/C27H39N5O3SSi/c1-27(2,3)37(6,7)35-18-11-12-22-20(14-18)25(30-32(22)24-10-8-9-13-34-24)21-15-23(29-26(28-21)36-5)31-16-19(17-31)33-4/h11-12,14-15,19,24H,8-10,13,16-17H2,1-7H3. The highest BCUT2D eigenvalue weighted by atomic mass is 32.2. The molecule has 1 unspecified atom stereocenters. The Balaban J connectivity index is 1.61. The fourth-order valence-electron chi connectivity index (χ4n) is 4.52. The van der Waals surface area contributed by atoms with Gasteiger partial charge in [-0.2, -0.15) is 5.10 Å². The van der Waals surface area contributed by atoms with Gasteiger partial charge in [0.25, 0.3) is 0 Å². The molecule has 2 aliphatic heterocycles. The SMILES string of the molecule is COC1CN(c2cc(-c3nn(C4CCCCO4)c4ccc(O[Si](C)(C)C(C)(C)C)cc34)nc(SC)n2)C1. The average Bonchev–Trinajstić information content (AvgIpc) is 3.22. The number of fused-ring (bicyclic) bond motifs is 1. The molecule has 0 bridgehead atoms. The Morgan fingerprint density at radius 3 is 2.54 bits per heavy atom. The second-order valence-electron chi connectivity index (χ2n) is 11.5. The Kier molecular flexibility index (Phi) is 7.30. The summed E-state index contributed by atoms with van der Waals surface area (Å²) in [6.07, 6.45) is 5.37. The summed E-state index contributed by atoms with van der Waals surface area (Å²) in [6, 6.07) is 8.41. The number of rotatable bonds is 7. The minimum absolute atomic E-state index is 0.0728. The maximum atomic E-state index is 6.69. The lowest BCUT2D eigenvalue weighted by Gasteiger charge is -2.39. The summed E-state index contributed by atoms with van der Waals surface area (Å²) in [5.41, 5.74) is 2.70. The monoisotopic (exact) mass is 541 g/mol. The van der Waals surface area contributed by atoms with E-state index in [0.717, 1.165) is 78.0 Å². The zero-order valence-electron chi connectivity index (χ0n) is 23.1. The Morgan fingerprint density at radius 1 is 1.11 bits per heavy atom. The number of benzene rings is 1. The maximum Gasteiger partial charge on any atom is 0.250 e. The van der Waals surface area contributed by atoms with Gasteiger partial charge in [-0.3, -0.25) is 0 Å². The van der Waals surface area contributed by atoms with Gasteiger partial charge >= 0.3 is 0 Å². The Hall–Kier alpha value is -2.14. The van der Waals surface area contributed by atoms with E-state index >= 15 is 0 Å². The van der Waals surface area contributed by atoms with Crippen LogP contribution in [0.1, 0.15) is 46.3 Å². The summed E-state index contributed by atoms with van der Waals surface area (Å²) in [5, 5.41) is 7.00. The lowest BCUT2D eigenvalue weighted by molar-refractivity contribution is -0.0365. The molecule has 0 spiro atoms. The van der Waals surface area contributed by atoms with Crippen molar-refractivity contribution in [2.24, 2.45) is 0 Å². The van der Waals surface area contributed by atoms with Crippen molar-refractivity contribution in [3.05, 3.63) is 24.3 Å². The third kappa shape index (κ3) is 5.26. The van der Waals surface area contributed by atoms with Gasteiger partial charge in [0.05, 0.1) is 17.3 Å². The molecule has 2 saturated heterocycles. The Labute approximate surface area is 225 Å². The number of ether oxygens (including phenoxy) is 2. The predicted octanol–water partition coefficient (Wildman–Crippen LogP) is 6.13. The van der Waals surface area contributed by atoms with Crippen molar-refractivity contribution in [2.75, 3.05) is 38.0 Å². The number of anilines is 1. The molecule has 200 valence electrons. The van der Waals surface area contributed by atoms with Crippen LogP contribution in [0.5, 0.6) is 5.75 Å². The molecule has 0 amide bonds. The lowest BCUT2D eigenvalue weighted by atomic mass is 10.1. The summed E-state index contributed by atoms with van der Waals surface area (Å²) in [7, 11) is -0.241. The number of nitrogens with zero attached hydrogens (tertiary/aromatic N) is 5. The predicted molar refractivity (Wildman–Crippen MR) is 152 cm³/mol. The van der Waals surface area contributed by atoms with Gasteiger partial charge in [0.1, 0.15) is 17.3 Å². The van der Waals surface area contributed by atoms with Crippen LogP contribution in [0.2, 0.25) is 18.1 Å². The van der Waals surface area contributed by atoms with E-state index in [2.05, 4.69) is 63.0 Å². The van der Waals surface area contributed by atoms with Crippen molar-refractivity contribution < 1.29 is 13.9 Å². The maximum absolute atomic E-state index is 6.69. The summed E-state index contributed by atoms with van der Waals surface area (Å²) in [4.78, 5) is 11.9. The molecule has 2 aliphatic rings. The van der Waals surface area contributed by atoms with Gasteiger partial charge in [0, 0.05) is 38.3 Å². The van der Waals surface area contributed by atoms with Gasteiger partial charge in [0.2, 0.25) is 8.32 Å². The molecule has 2 fully saturated rings. The molecule has 0 saturated carbocycles. The zero-order valence-corrected chi connectivity index (χ0v) is 24.9. The number of hydrogen-bond donors (Lipinski definition) is 0. The molecule has 8 nitrogen and oxygen atoms in total. The first-order valence-corrected chi connectivity index (χ1v) is 17.3. The molecule has 1 aromatic carbocycles. The summed E-state index contributed by atoms with van der Waals surface area (Å²) in [6.45, 7) is 13.8. The van der Waals surface area contributed by atoms with Crippen LogP contribution in [0.25, 0.3) is 22.3 Å². The molecule has 1 atom stereocenters. The minimum Gasteiger partial charge on any atom is -0.543 e. The van der Waals surface area contributed by atoms with Gasteiger partial charge in [-0.15, -0.1) is 0 Å². The summed E-state index contributed by atoms with van der Waals surface area (Å²) < 4.78 is 20.4. The van der Waals surface area contributed by atoms with Crippen molar-refractivity contribution in [1.29, 1.82) is 0 Å². The van der Waals surface area contributed by atoms with Crippen LogP contribution in [-0.2, 0) is 9.47 Å². The molecule has 0 aliphatic carbocycles. The van der Waals surface area contributed by atoms with Crippen LogP contribution >= 0.6 is 11.8 Å². The second kappa shape index (κ2) is 10.2. The van der Waals surface area contributed by atoms with E-state index in [9.17, 15) is 0 Å². The molecule has 5 rings (SSSR count). The van der Waals surface area contributed by atoms with Crippen LogP contribution in [0.4, 0.5) is 5.82 Å². The van der Waals surface area contributed by atoms with E-state index in [1.807, 2.05) is 10.9 Å². The fourth-order valence-corrected chi connectivity index (χ4v) is 5.92. The van der Waals surface area contributed by atoms with Gasteiger partial charge in [-0.1, -0.05) is 32.5 Å². The van der Waals surface area contributed by atoms with Crippen molar-refractivity contribution in [1.82, 2.24) is 19.7 Å². The van der Waals surface area contributed by atoms with Crippen molar-refractivity contribution >= 4 is 36.8 Å². The van der Waals surface area contributed by atoms with E-state index in [4.69, 9.17) is 29.0 Å². The normalized spacial score (nSPS) is 19.3. The quantitative estimate of drug-likeness (QED) is 0.201. The van der Waals surface area contributed by atoms with Crippen LogP contribution < -0.4 is 9.33 Å². The number of aromatic nitrogens is 4. The van der Waals surface area contributed by atoms with Gasteiger partial charge < -0.3 is 18.8 Å². The highest BCUT2D eigenvalue weighted by Crippen LogP contribution is 2.40. The molecule has 2 aromatic heterocycles. The van der Waals surface area contributed by atoms with Crippen LogP contribution in [0, 0.1) is 0 Å². The third-order valence-electron chi connectivity index (χ3n) is 7.91.